The van der Waals surface area contributed by atoms with Crippen molar-refractivity contribution in [2.45, 2.75) is 18.4 Å². The van der Waals surface area contributed by atoms with Crippen molar-refractivity contribution in [3.05, 3.63) is 94.8 Å². The largest absolute Gasteiger partial charge is 0.418 e. The molecule has 3 rings (SSSR count). The summed E-state index contributed by atoms with van der Waals surface area (Å²) >= 11 is 0. The second kappa shape index (κ2) is 9.13. The van der Waals surface area contributed by atoms with Gasteiger partial charge in [-0.15, -0.1) is 0 Å². The summed E-state index contributed by atoms with van der Waals surface area (Å²) in [5.41, 5.74) is -1.60. The van der Waals surface area contributed by atoms with Crippen LogP contribution >= 0.6 is 0 Å². The Labute approximate surface area is 185 Å². The lowest BCUT2D eigenvalue weighted by atomic mass is 9.97. The fourth-order valence-corrected chi connectivity index (χ4v) is 3.19. The lowest BCUT2D eigenvalue weighted by Crippen LogP contribution is -2.31. The van der Waals surface area contributed by atoms with Crippen LogP contribution in [0.1, 0.15) is 38.8 Å². The summed E-state index contributed by atoms with van der Waals surface area (Å²) < 4.78 is 79.7. The quantitative estimate of drug-likeness (QED) is 0.490. The normalized spacial score (nSPS) is 12.8. The van der Waals surface area contributed by atoms with Crippen molar-refractivity contribution in [2.75, 3.05) is 19.0 Å². The Kier molecular flexibility index (Phi) is 6.66. The summed E-state index contributed by atoms with van der Waals surface area (Å²) in [6.45, 7) is 0. The number of alkyl halides is 6. The Morgan fingerprint density at radius 3 is 2.00 bits per heavy atom. The molecule has 10 heteroatoms. The molecule has 0 aliphatic heterocycles. The van der Waals surface area contributed by atoms with Crippen molar-refractivity contribution in [3.63, 3.8) is 0 Å². The molecule has 0 spiro atoms. The van der Waals surface area contributed by atoms with Crippen molar-refractivity contribution < 1.29 is 31.1 Å². The maximum Gasteiger partial charge on any atom is 0.418 e. The van der Waals surface area contributed by atoms with E-state index in [0.717, 1.165) is 48.3 Å². The third-order valence-corrected chi connectivity index (χ3v) is 4.91. The number of amides is 1. The second-order valence-electron chi connectivity index (χ2n) is 7.40. The van der Waals surface area contributed by atoms with E-state index in [1.165, 1.54) is 12.1 Å². The SMILES string of the molecule is CN(C)c1ccc(C(=O)NC(c2ccc(C(F)(F)F)cc2)c2ncccc2C(F)(F)F)cc1. The summed E-state index contributed by atoms with van der Waals surface area (Å²) in [5, 5.41) is 2.49. The zero-order valence-corrected chi connectivity index (χ0v) is 17.5. The van der Waals surface area contributed by atoms with Crippen LogP contribution in [-0.2, 0) is 12.4 Å². The highest BCUT2D eigenvalue weighted by Gasteiger charge is 2.37. The van der Waals surface area contributed by atoms with Gasteiger partial charge >= 0.3 is 12.4 Å². The highest BCUT2D eigenvalue weighted by Crippen LogP contribution is 2.36. The van der Waals surface area contributed by atoms with Crippen molar-refractivity contribution in [1.29, 1.82) is 0 Å². The minimum Gasteiger partial charge on any atom is -0.378 e. The second-order valence-corrected chi connectivity index (χ2v) is 7.40. The summed E-state index contributed by atoms with van der Waals surface area (Å²) in [4.78, 5) is 18.5. The van der Waals surface area contributed by atoms with Crippen LogP contribution in [0.3, 0.4) is 0 Å². The molecule has 0 saturated heterocycles. The first-order valence-corrected chi connectivity index (χ1v) is 9.65. The van der Waals surface area contributed by atoms with Crippen molar-refractivity contribution in [2.24, 2.45) is 0 Å². The number of anilines is 1. The number of pyridine rings is 1. The van der Waals surface area contributed by atoms with Gasteiger partial charge < -0.3 is 10.2 Å². The number of nitrogens with zero attached hydrogens (tertiary/aromatic N) is 2. The van der Waals surface area contributed by atoms with Crippen molar-refractivity contribution >= 4 is 11.6 Å². The molecule has 0 aliphatic carbocycles. The van der Waals surface area contributed by atoms with Crippen LogP contribution in [0.25, 0.3) is 0 Å². The highest BCUT2D eigenvalue weighted by molar-refractivity contribution is 5.95. The lowest BCUT2D eigenvalue weighted by Gasteiger charge is -2.23. The van der Waals surface area contributed by atoms with E-state index < -0.39 is 41.1 Å². The predicted octanol–water partition coefficient (Wildman–Crippen LogP) is 5.70. The van der Waals surface area contributed by atoms with Gasteiger partial charge in [0, 0.05) is 31.5 Å². The van der Waals surface area contributed by atoms with E-state index in [-0.39, 0.29) is 11.1 Å². The molecule has 1 N–H and O–H groups in total. The summed E-state index contributed by atoms with van der Waals surface area (Å²) in [6.07, 6.45) is -8.28. The van der Waals surface area contributed by atoms with E-state index in [9.17, 15) is 31.1 Å². The molecular weight excluding hydrogens is 448 g/mol. The van der Waals surface area contributed by atoms with Crippen LogP contribution in [0, 0.1) is 0 Å². The first-order valence-electron chi connectivity index (χ1n) is 9.65. The highest BCUT2D eigenvalue weighted by atomic mass is 19.4. The number of hydrogen-bond acceptors (Lipinski definition) is 3. The van der Waals surface area contributed by atoms with Crippen LogP contribution in [0.5, 0.6) is 0 Å². The van der Waals surface area contributed by atoms with E-state index in [2.05, 4.69) is 10.3 Å². The molecule has 0 fully saturated rings. The van der Waals surface area contributed by atoms with Crippen LogP contribution in [0.2, 0.25) is 0 Å². The molecule has 1 unspecified atom stereocenters. The Morgan fingerprint density at radius 2 is 1.48 bits per heavy atom. The number of aromatic nitrogens is 1. The number of halogens is 6. The van der Waals surface area contributed by atoms with E-state index in [0.29, 0.717) is 0 Å². The van der Waals surface area contributed by atoms with Gasteiger partial charge in [-0.3, -0.25) is 9.78 Å². The molecule has 3 aromatic rings. The monoisotopic (exact) mass is 467 g/mol. The standard InChI is InChI=1S/C23H19F6N3O/c1-32(2)17-11-7-15(8-12-17)21(33)31-19(14-5-9-16(10-6-14)22(24,25)26)20-18(23(27,28)29)4-3-13-30-20/h3-13,19H,1-2H3,(H,31,33). The topological polar surface area (TPSA) is 45.2 Å². The molecule has 0 bridgehead atoms. The molecular formula is C23H19F6N3O. The van der Waals surface area contributed by atoms with Gasteiger partial charge in [0.2, 0.25) is 0 Å². The van der Waals surface area contributed by atoms with Crippen LogP contribution in [0.4, 0.5) is 32.0 Å². The zero-order valence-electron chi connectivity index (χ0n) is 17.5. The molecule has 4 nitrogen and oxygen atoms in total. The van der Waals surface area contributed by atoms with Gasteiger partial charge in [0.15, 0.2) is 0 Å². The van der Waals surface area contributed by atoms with Crippen molar-refractivity contribution in [3.8, 4) is 0 Å². The summed E-state index contributed by atoms with van der Waals surface area (Å²) in [7, 11) is 3.60. The third-order valence-electron chi connectivity index (χ3n) is 4.91. The number of nitrogens with one attached hydrogen (secondary N) is 1. The third kappa shape index (κ3) is 5.63. The Hall–Kier alpha value is -3.56. The van der Waals surface area contributed by atoms with E-state index >= 15 is 0 Å². The summed E-state index contributed by atoms with van der Waals surface area (Å²) in [5.74, 6) is -0.705. The Bertz CT molecular complexity index is 1110. The Morgan fingerprint density at radius 1 is 0.879 bits per heavy atom. The number of carbonyl (C=O) groups excluding carboxylic acids is 1. The smallest absolute Gasteiger partial charge is 0.378 e. The molecule has 1 aromatic heterocycles. The minimum absolute atomic E-state index is 0.0189. The minimum atomic E-state index is -4.79. The zero-order chi connectivity index (χ0) is 24.4. The van der Waals surface area contributed by atoms with Gasteiger partial charge in [-0.05, 0) is 54.1 Å². The van der Waals surface area contributed by atoms with Gasteiger partial charge in [-0.1, -0.05) is 12.1 Å². The molecule has 0 radical (unpaired) electrons. The van der Waals surface area contributed by atoms with E-state index in [4.69, 9.17) is 0 Å². The predicted molar refractivity (Wildman–Crippen MR) is 111 cm³/mol. The van der Waals surface area contributed by atoms with E-state index in [1.807, 2.05) is 0 Å². The average molecular weight is 467 g/mol. The van der Waals surface area contributed by atoms with Gasteiger partial charge in [0.25, 0.3) is 5.91 Å². The van der Waals surface area contributed by atoms with Gasteiger partial charge in [0.05, 0.1) is 22.9 Å². The molecule has 1 atom stereocenters. The molecule has 174 valence electrons. The molecule has 1 heterocycles. The van der Waals surface area contributed by atoms with Crippen LogP contribution in [0.15, 0.2) is 66.9 Å². The first kappa shape index (κ1) is 24.1. The van der Waals surface area contributed by atoms with Crippen molar-refractivity contribution in [1.82, 2.24) is 10.3 Å². The number of benzene rings is 2. The van der Waals surface area contributed by atoms with E-state index in [1.54, 1.807) is 31.1 Å². The molecule has 0 saturated carbocycles. The number of rotatable bonds is 5. The molecule has 0 aliphatic rings. The van der Waals surface area contributed by atoms with Crippen LogP contribution < -0.4 is 10.2 Å². The molecule has 33 heavy (non-hydrogen) atoms. The maximum absolute atomic E-state index is 13.6. The molecule has 1 amide bonds. The number of hydrogen-bond donors (Lipinski definition) is 1. The summed E-state index contributed by atoms with van der Waals surface area (Å²) in [6, 6.07) is 10.3. The fourth-order valence-electron chi connectivity index (χ4n) is 3.19. The maximum atomic E-state index is 13.6. The van der Waals surface area contributed by atoms with Gasteiger partial charge in [-0.2, -0.15) is 26.3 Å². The van der Waals surface area contributed by atoms with Gasteiger partial charge in [0.1, 0.15) is 0 Å². The molecule has 2 aromatic carbocycles. The average Bonchev–Trinajstić information content (AvgIpc) is 2.76. The fraction of sp³-hybridized carbons (Fsp3) is 0.217. The first-order chi connectivity index (χ1) is 15.4. The van der Waals surface area contributed by atoms with Crippen LogP contribution in [-0.4, -0.2) is 25.0 Å². The lowest BCUT2D eigenvalue weighted by molar-refractivity contribution is -0.139. The Balaban J connectivity index is 2.04. The number of carbonyl (C=O) groups is 1. The van der Waals surface area contributed by atoms with Gasteiger partial charge in [-0.25, -0.2) is 0 Å².